The number of fused-ring (bicyclic) bond motifs is 1. The van der Waals surface area contributed by atoms with Gasteiger partial charge in [0.25, 0.3) is 0 Å². The topological polar surface area (TPSA) is 49.8 Å². The fourth-order valence-electron chi connectivity index (χ4n) is 3.60. The number of hydrogen-bond donors (Lipinski definition) is 1. The minimum atomic E-state index is -0.712. The van der Waals surface area contributed by atoms with Crippen molar-refractivity contribution in [2.75, 3.05) is 26.8 Å². The Morgan fingerprint density at radius 2 is 2.35 bits per heavy atom. The first-order valence-electron chi connectivity index (χ1n) is 6.55. The molecule has 1 aliphatic heterocycles. The molecule has 0 aromatic carbocycles. The lowest BCUT2D eigenvalue weighted by atomic mass is 9.69. The van der Waals surface area contributed by atoms with Crippen LogP contribution in [0.1, 0.15) is 32.6 Å². The minimum Gasteiger partial charge on any atom is -0.480 e. The normalized spacial score (nSPS) is 35.5. The molecule has 1 N–H and O–H groups in total. The molecule has 1 saturated heterocycles. The van der Waals surface area contributed by atoms with Gasteiger partial charge in [-0.15, -0.1) is 0 Å². The zero-order valence-electron chi connectivity index (χ0n) is 10.8. The first-order chi connectivity index (χ1) is 8.09. The van der Waals surface area contributed by atoms with Crippen LogP contribution >= 0.6 is 0 Å². The number of hydrogen-bond acceptors (Lipinski definition) is 3. The monoisotopic (exact) mass is 241 g/mol. The summed E-state index contributed by atoms with van der Waals surface area (Å²) >= 11 is 0. The van der Waals surface area contributed by atoms with Crippen LogP contribution in [-0.2, 0) is 9.53 Å². The second-order valence-electron chi connectivity index (χ2n) is 5.68. The van der Waals surface area contributed by atoms with Crippen molar-refractivity contribution in [3.63, 3.8) is 0 Å². The summed E-state index contributed by atoms with van der Waals surface area (Å²) in [7, 11) is 1.75. The van der Waals surface area contributed by atoms with Crippen molar-refractivity contribution in [3.05, 3.63) is 0 Å². The van der Waals surface area contributed by atoms with E-state index >= 15 is 0 Å². The Morgan fingerprint density at radius 3 is 3.00 bits per heavy atom. The second kappa shape index (κ2) is 4.94. The summed E-state index contributed by atoms with van der Waals surface area (Å²) in [4.78, 5) is 13.2. The van der Waals surface area contributed by atoms with Crippen molar-refractivity contribution in [2.24, 2.45) is 11.3 Å². The highest BCUT2D eigenvalue weighted by Gasteiger charge is 2.49. The van der Waals surface area contributed by atoms with Gasteiger partial charge in [-0.25, -0.2) is 0 Å². The highest BCUT2D eigenvalue weighted by Crippen LogP contribution is 2.47. The number of nitrogens with zero attached hydrogens (tertiary/aromatic N) is 1. The fraction of sp³-hybridized carbons (Fsp3) is 0.923. The fourth-order valence-corrected chi connectivity index (χ4v) is 3.60. The number of rotatable bonds is 4. The molecule has 1 saturated carbocycles. The van der Waals surface area contributed by atoms with Gasteiger partial charge in [-0.3, -0.25) is 9.69 Å². The molecule has 0 amide bonds. The minimum absolute atomic E-state index is 0.219. The van der Waals surface area contributed by atoms with Crippen LogP contribution in [0.25, 0.3) is 0 Å². The third-order valence-electron chi connectivity index (χ3n) is 4.65. The molecule has 2 fully saturated rings. The lowest BCUT2D eigenvalue weighted by molar-refractivity contribution is -0.142. The third-order valence-corrected chi connectivity index (χ3v) is 4.65. The van der Waals surface area contributed by atoms with E-state index in [4.69, 9.17) is 9.84 Å². The van der Waals surface area contributed by atoms with Gasteiger partial charge in [0.2, 0.25) is 0 Å². The number of likely N-dealkylation sites (tertiary alicyclic amines) is 1. The summed E-state index contributed by atoms with van der Waals surface area (Å²) in [5.41, 5.74) is 0.219. The summed E-state index contributed by atoms with van der Waals surface area (Å²) in [6.07, 6.45) is 4.96. The Bertz CT molecular complexity index is 290. The third kappa shape index (κ3) is 2.33. The second-order valence-corrected chi connectivity index (χ2v) is 5.68. The van der Waals surface area contributed by atoms with E-state index in [1.54, 1.807) is 14.0 Å². The summed E-state index contributed by atoms with van der Waals surface area (Å²) < 4.78 is 5.40. The average Bonchev–Trinajstić information content (AvgIpc) is 2.67. The van der Waals surface area contributed by atoms with Crippen LogP contribution in [0.4, 0.5) is 0 Å². The van der Waals surface area contributed by atoms with Crippen molar-refractivity contribution in [1.82, 2.24) is 4.90 Å². The molecule has 0 radical (unpaired) electrons. The lowest BCUT2D eigenvalue weighted by Gasteiger charge is -2.38. The predicted octanol–water partition coefficient (Wildman–Crippen LogP) is 1.60. The van der Waals surface area contributed by atoms with Gasteiger partial charge in [0, 0.05) is 25.6 Å². The first-order valence-corrected chi connectivity index (χ1v) is 6.55. The van der Waals surface area contributed by atoms with Gasteiger partial charge >= 0.3 is 5.97 Å². The van der Waals surface area contributed by atoms with E-state index in [0.29, 0.717) is 5.92 Å². The Labute approximate surface area is 103 Å². The summed E-state index contributed by atoms with van der Waals surface area (Å²) in [5, 5.41) is 9.12. The molecule has 2 aliphatic rings. The van der Waals surface area contributed by atoms with Gasteiger partial charge in [0.05, 0.1) is 6.61 Å². The van der Waals surface area contributed by atoms with Gasteiger partial charge in [-0.2, -0.15) is 0 Å². The molecule has 2 rings (SSSR count). The molecule has 98 valence electrons. The number of carboxylic acids is 1. The van der Waals surface area contributed by atoms with Crippen LogP contribution in [0.15, 0.2) is 0 Å². The lowest BCUT2D eigenvalue weighted by Crippen LogP contribution is -2.40. The van der Waals surface area contributed by atoms with E-state index in [9.17, 15) is 4.79 Å². The Hall–Kier alpha value is -0.610. The van der Waals surface area contributed by atoms with Crippen LogP contribution in [0, 0.1) is 11.3 Å². The molecule has 17 heavy (non-hydrogen) atoms. The van der Waals surface area contributed by atoms with Gasteiger partial charge in [-0.05, 0) is 25.7 Å². The van der Waals surface area contributed by atoms with Crippen LogP contribution < -0.4 is 0 Å². The van der Waals surface area contributed by atoms with Crippen molar-refractivity contribution in [2.45, 2.75) is 38.6 Å². The van der Waals surface area contributed by atoms with Crippen molar-refractivity contribution in [1.29, 1.82) is 0 Å². The Balaban J connectivity index is 2.10. The molecule has 0 aromatic heterocycles. The molecule has 0 aromatic rings. The largest absolute Gasteiger partial charge is 0.480 e. The van der Waals surface area contributed by atoms with Crippen molar-refractivity contribution in [3.8, 4) is 0 Å². The zero-order chi connectivity index (χ0) is 12.5. The van der Waals surface area contributed by atoms with E-state index in [2.05, 4.69) is 4.90 Å². The maximum absolute atomic E-state index is 11.1. The molecule has 1 aliphatic carbocycles. The Kier molecular flexibility index (Phi) is 3.73. The number of ether oxygens (including phenoxy) is 1. The molecular formula is C13H23NO3. The maximum atomic E-state index is 11.1. The van der Waals surface area contributed by atoms with Crippen molar-refractivity contribution < 1.29 is 14.6 Å². The standard InChI is InChI=1S/C13H23NO3/c1-10(12(15)16)14-7-11-5-3-4-6-13(11,8-14)9-17-2/h10-11H,3-9H2,1-2H3,(H,15,16)/t10-,11+,13+/m0/s1. The number of carboxylic acid groups (broad SMARTS) is 1. The highest BCUT2D eigenvalue weighted by atomic mass is 16.5. The molecule has 1 heterocycles. The Morgan fingerprint density at radius 1 is 1.59 bits per heavy atom. The predicted molar refractivity (Wildman–Crippen MR) is 64.9 cm³/mol. The maximum Gasteiger partial charge on any atom is 0.320 e. The SMILES string of the molecule is COC[C@]12CCCC[C@@H]1CN([C@@H](C)C(=O)O)C2. The summed E-state index contributed by atoms with van der Waals surface area (Å²) in [5.74, 6) is -0.0887. The molecule has 0 bridgehead atoms. The molecule has 4 heteroatoms. The first kappa shape index (κ1) is 12.8. The van der Waals surface area contributed by atoms with Gasteiger partial charge in [0.15, 0.2) is 0 Å². The van der Waals surface area contributed by atoms with Crippen LogP contribution in [0.3, 0.4) is 0 Å². The molecule has 0 unspecified atom stereocenters. The van der Waals surface area contributed by atoms with E-state index in [-0.39, 0.29) is 11.5 Å². The quantitative estimate of drug-likeness (QED) is 0.812. The average molecular weight is 241 g/mol. The van der Waals surface area contributed by atoms with E-state index in [0.717, 1.165) is 19.7 Å². The highest BCUT2D eigenvalue weighted by molar-refractivity contribution is 5.72. The summed E-state index contributed by atoms with van der Waals surface area (Å²) in [6, 6.07) is -0.366. The van der Waals surface area contributed by atoms with E-state index < -0.39 is 5.97 Å². The van der Waals surface area contributed by atoms with Gasteiger partial charge in [0.1, 0.15) is 6.04 Å². The smallest absolute Gasteiger partial charge is 0.320 e. The molecular weight excluding hydrogens is 218 g/mol. The zero-order valence-corrected chi connectivity index (χ0v) is 10.8. The van der Waals surface area contributed by atoms with Crippen LogP contribution in [-0.4, -0.2) is 48.8 Å². The van der Waals surface area contributed by atoms with Crippen LogP contribution in [0.2, 0.25) is 0 Å². The van der Waals surface area contributed by atoms with E-state index in [1.807, 2.05) is 0 Å². The molecule has 3 atom stereocenters. The molecule has 4 nitrogen and oxygen atoms in total. The molecule has 0 spiro atoms. The number of aliphatic carboxylic acids is 1. The van der Waals surface area contributed by atoms with Crippen molar-refractivity contribution >= 4 is 5.97 Å². The van der Waals surface area contributed by atoms with Gasteiger partial charge < -0.3 is 9.84 Å². The van der Waals surface area contributed by atoms with Gasteiger partial charge in [-0.1, -0.05) is 12.8 Å². The number of methoxy groups -OCH3 is 1. The van der Waals surface area contributed by atoms with E-state index in [1.165, 1.54) is 25.7 Å². The number of carbonyl (C=O) groups is 1. The van der Waals surface area contributed by atoms with Crippen LogP contribution in [0.5, 0.6) is 0 Å². The summed E-state index contributed by atoms with van der Waals surface area (Å²) in [6.45, 7) is 4.39.